The van der Waals surface area contributed by atoms with Gasteiger partial charge in [0.15, 0.2) is 0 Å². The van der Waals surface area contributed by atoms with Gasteiger partial charge in [0.2, 0.25) is 0 Å². The predicted octanol–water partition coefficient (Wildman–Crippen LogP) is 2.62. The lowest BCUT2D eigenvalue weighted by Gasteiger charge is -2.30. The zero-order valence-electron chi connectivity index (χ0n) is 12.8. The highest BCUT2D eigenvalue weighted by Gasteiger charge is 2.56. The smallest absolute Gasteiger partial charge is 0.410 e. The highest BCUT2D eigenvalue weighted by atomic mass is 16.6. The molecular formula is C14H28N2O2. The third kappa shape index (κ3) is 3.37. The van der Waals surface area contributed by atoms with E-state index in [1.54, 1.807) is 4.90 Å². The molecular weight excluding hydrogens is 228 g/mol. The first kappa shape index (κ1) is 15.3. The van der Waals surface area contributed by atoms with Crippen LogP contribution in [0.4, 0.5) is 4.79 Å². The van der Waals surface area contributed by atoms with Gasteiger partial charge in [-0.15, -0.1) is 0 Å². The summed E-state index contributed by atoms with van der Waals surface area (Å²) < 4.78 is 5.44. The van der Waals surface area contributed by atoms with Gasteiger partial charge in [0.25, 0.3) is 0 Å². The van der Waals surface area contributed by atoms with Gasteiger partial charge < -0.3 is 15.4 Å². The summed E-state index contributed by atoms with van der Waals surface area (Å²) in [7, 11) is 0. The van der Waals surface area contributed by atoms with Crippen LogP contribution in [0.1, 0.15) is 48.5 Å². The number of nitrogens with two attached hydrogens (primary N) is 1. The lowest BCUT2D eigenvalue weighted by Crippen LogP contribution is -2.42. The van der Waals surface area contributed by atoms with Gasteiger partial charge in [0, 0.05) is 18.6 Å². The van der Waals surface area contributed by atoms with Crippen molar-refractivity contribution in [2.24, 2.45) is 17.1 Å². The molecule has 0 aromatic carbocycles. The topological polar surface area (TPSA) is 55.6 Å². The molecule has 18 heavy (non-hydrogen) atoms. The van der Waals surface area contributed by atoms with Crippen LogP contribution in [0.3, 0.4) is 0 Å². The number of hydrogen-bond acceptors (Lipinski definition) is 3. The van der Waals surface area contributed by atoms with Gasteiger partial charge in [-0.2, -0.15) is 0 Å². The van der Waals surface area contributed by atoms with Gasteiger partial charge in [-0.25, -0.2) is 4.79 Å². The minimum Gasteiger partial charge on any atom is -0.444 e. The van der Waals surface area contributed by atoms with Crippen molar-refractivity contribution < 1.29 is 9.53 Å². The molecule has 1 saturated carbocycles. The van der Waals surface area contributed by atoms with Crippen LogP contribution in [-0.2, 0) is 4.74 Å². The summed E-state index contributed by atoms with van der Waals surface area (Å²) in [6, 6.07) is 0.310. The van der Waals surface area contributed by atoms with Crippen molar-refractivity contribution in [1.29, 1.82) is 0 Å². The number of carbonyl (C=O) groups is 1. The van der Waals surface area contributed by atoms with E-state index in [-0.39, 0.29) is 23.6 Å². The van der Waals surface area contributed by atoms with Gasteiger partial charge in [0.1, 0.15) is 5.60 Å². The van der Waals surface area contributed by atoms with E-state index in [9.17, 15) is 4.79 Å². The van der Waals surface area contributed by atoms with Crippen LogP contribution in [0.5, 0.6) is 0 Å². The van der Waals surface area contributed by atoms with Crippen molar-refractivity contribution >= 4 is 6.09 Å². The Labute approximate surface area is 111 Å². The Hall–Kier alpha value is -0.770. The fraction of sp³-hybridized carbons (Fsp3) is 0.929. The Balaban J connectivity index is 2.65. The van der Waals surface area contributed by atoms with Crippen LogP contribution < -0.4 is 5.73 Å². The van der Waals surface area contributed by atoms with E-state index in [0.717, 1.165) is 0 Å². The van der Waals surface area contributed by atoms with Crippen LogP contribution in [0.2, 0.25) is 0 Å². The van der Waals surface area contributed by atoms with Gasteiger partial charge in [-0.1, -0.05) is 13.8 Å². The summed E-state index contributed by atoms with van der Waals surface area (Å²) in [4.78, 5) is 13.9. The van der Waals surface area contributed by atoms with Crippen LogP contribution in [0.25, 0.3) is 0 Å². The molecule has 4 heteroatoms. The first-order valence-electron chi connectivity index (χ1n) is 6.72. The van der Waals surface area contributed by atoms with Gasteiger partial charge in [-0.05, 0) is 46.0 Å². The average Bonchev–Trinajstić information content (AvgIpc) is 2.58. The quantitative estimate of drug-likeness (QED) is 0.844. The lowest BCUT2D eigenvalue weighted by molar-refractivity contribution is 0.0174. The third-order valence-corrected chi connectivity index (χ3v) is 3.78. The van der Waals surface area contributed by atoms with Crippen LogP contribution in [0, 0.1) is 11.3 Å². The largest absolute Gasteiger partial charge is 0.444 e. The van der Waals surface area contributed by atoms with E-state index in [1.165, 1.54) is 0 Å². The molecule has 0 aromatic heterocycles. The van der Waals surface area contributed by atoms with E-state index in [1.807, 2.05) is 34.6 Å². The van der Waals surface area contributed by atoms with E-state index in [4.69, 9.17) is 10.5 Å². The van der Waals surface area contributed by atoms with Gasteiger partial charge >= 0.3 is 6.09 Å². The zero-order valence-corrected chi connectivity index (χ0v) is 12.8. The first-order valence-corrected chi connectivity index (χ1v) is 6.72. The second-order valence-corrected chi connectivity index (χ2v) is 7.18. The summed E-state index contributed by atoms with van der Waals surface area (Å²) in [6.45, 7) is 14.6. The molecule has 0 aliphatic heterocycles. The molecule has 0 heterocycles. The van der Waals surface area contributed by atoms with Crippen molar-refractivity contribution in [2.75, 3.05) is 6.54 Å². The minimum absolute atomic E-state index is 0.128. The van der Waals surface area contributed by atoms with Crippen molar-refractivity contribution in [2.45, 2.75) is 66.2 Å². The Kier molecular flexibility index (Phi) is 4.01. The minimum atomic E-state index is -0.453. The van der Waals surface area contributed by atoms with Crippen molar-refractivity contribution in [3.63, 3.8) is 0 Å². The Morgan fingerprint density at radius 1 is 1.39 bits per heavy atom. The molecule has 0 spiro atoms. The molecule has 1 fully saturated rings. The molecule has 2 N–H and O–H groups in total. The highest BCUT2D eigenvalue weighted by Crippen LogP contribution is 2.50. The summed E-state index contributed by atoms with van der Waals surface area (Å²) in [6.07, 6.45) is -0.243. The van der Waals surface area contributed by atoms with E-state index < -0.39 is 5.60 Å². The number of rotatable bonds is 3. The number of ether oxygens (including phenoxy) is 1. The second-order valence-electron chi connectivity index (χ2n) is 7.18. The maximum atomic E-state index is 12.1. The molecule has 106 valence electrons. The van der Waals surface area contributed by atoms with E-state index in [2.05, 4.69) is 13.8 Å². The number of nitrogens with zero attached hydrogens (tertiary/aromatic N) is 1. The fourth-order valence-electron chi connectivity index (χ4n) is 2.16. The molecule has 0 bridgehead atoms. The zero-order chi connectivity index (χ0) is 14.3. The van der Waals surface area contributed by atoms with Crippen molar-refractivity contribution in [3.05, 3.63) is 0 Å². The lowest BCUT2D eigenvalue weighted by atomic mass is 10.1. The van der Waals surface area contributed by atoms with E-state index in [0.29, 0.717) is 12.5 Å². The Morgan fingerprint density at radius 2 is 1.83 bits per heavy atom. The SMILES string of the molecule is CC(C)N(CC1C(N)C1(C)C)C(=O)OC(C)(C)C. The van der Waals surface area contributed by atoms with Crippen LogP contribution >= 0.6 is 0 Å². The fourth-order valence-corrected chi connectivity index (χ4v) is 2.16. The summed E-state index contributed by atoms with van der Waals surface area (Å²) >= 11 is 0. The van der Waals surface area contributed by atoms with Gasteiger partial charge in [0.05, 0.1) is 0 Å². The summed E-state index contributed by atoms with van der Waals surface area (Å²) in [5.41, 5.74) is 5.72. The molecule has 0 radical (unpaired) electrons. The standard InChI is InChI=1S/C14H28N2O2/c1-9(2)16(12(17)18-13(3,4)5)8-10-11(15)14(10,6)7/h9-11H,8,15H2,1-7H3. The average molecular weight is 256 g/mol. The first-order chi connectivity index (χ1) is 7.97. The molecule has 1 aliphatic carbocycles. The number of amides is 1. The molecule has 0 aromatic rings. The molecule has 1 aliphatic rings. The Bertz CT molecular complexity index is 318. The van der Waals surface area contributed by atoms with Gasteiger partial charge in [-0.3, -0.25) is 0 Å². The third-order valence-electron chi connectivity index (χ3n) is 3.78. The van der Waals surface area contributed by atoms with E-state index >= 15 is 0 Å². The molecule has 1 rings (SSSR count). The highest BCUT2D eigenvalue weighted by molar-refractivity contribution is 5.68. The molecule has 1 amide bonds. The maximum Gasteiger partial charge on any atom is 0.410 e. The molecule has 0 saturated heterocycles. The normalized spacial score (nSPS) is 26.1. The van der Waals surface area contributed by atoms with Crippen molar-refractivity contribution in [3.8, 4) is 0 Å². The number of carbonyl (C=O) groups excluding carboxylic acids is 1. The van der Waals surface area contributed by atoms with Crippen molar-refractivity contribution in [1.82, 2.24) is 4.90 Å². The summed E-state index contributed by atoms with van der Waals surface area (Å²) in [5.74, 6) is 0.368. The predicted molar refractivity (Wildman–Crippen MR) is 73.3 cm³/mol. The molecule has 4 nitrogen and oxygen atoms in total. The number of hydrogen-bond donors (Lipinski definition) is 1. The summed E-state index contributed by atoms with van der Waals surface area (Å²) in [5, 5.41) is 0. The monoisotopic (exact) mass is 256 g/mol. The maximum absolute atomic E-state index is 12.1. The van der Waals surface area contributed by atoms with Crippen LogP contribution in [0.15, 0.2) is 0 Å². The Morgan fingerprint density at radius 3 is 2.11 bits per heavy atom. The molecule has 2 unspecified atom stereocenters. The second kappa shape index (κ2) is 4.72. The van der Waals surface area contributed by atoms with Crippen LogP contribution in [-0.4, -0.2) is 35.2 Å². The molecule has 2 atom stereocenters.